The van der Waals surface area contributed by atoms with Gasteiger partial charge in [-0.1, -0.05) is 6.07 Å². The number of carbonyl (C=O) groups excluding carboxylic acids is 1. The maximum atomic E-state index is 11.9. The molecule has 0 radical (unpaired) electrons. The van der Waals surface area contributed by atoms with Crippen LogP contribution >= 0.6 is 11.3 Å². The maximum absolute atomic E-state index is 11.9. The van der Waals surface area contributed by atoms with E-state index in [9.17, 15) is 4.79 Å². The first-order chi connectivity index (χ1) is 8.77. The van der Waals surface area contributed by atoms with E-state index in [0.29, 0.717) is 6.54 Å². The topological polar surface area (TPSA) is 64.4 Å². The molecule has 100 valence electrons. The number of hydrogen-bond donors (Lipinski definition) is 2. The fourth-order valence-corrected chi connectivity index (χ4v) is 2.88. The molecule has 18 heavy (non-hydrogen) atoms. The van der Waals surface area contributed by atoms with Crippen LogP contribution < -0.4 is 11.1 Å². The first-order valence-electron chi connectivity index (χ1n) is 6.41. The largest absolute Gasteiger partial charge is 0.381 e. The summed E-state index contributed by atoms with van der Waals surface area (Å²) < 4.78 is 5.27. The maximum Gasteiger partial charge on any atom is 0.237 e. The summed E-state index contributed by atoms with van der Waals surface area (Å²) in [5.74, 6) is 0.235. The van der Waals surface area contributed by atoms with Gasteiger partial charge in [-0.3, -0.25) is 4.79 Å². The van der Waals surface area contributed by atoms with E-state index in [1.165, 1.54) is 4.88 Å². The molecule has 0 bridgehead atoms. The van der Waals surface area contributed by atoms with Crippen molar-refractivity contribution in [2.45, 2.75) is 25.3 Å². The van der Waals surface area contributed by atoms with Crippen molar-refractivity contribution in [1.29, 1.82) is 0 Å². The molecule has 1 aromatic rings. The average molecular weight is 268 g/mol. The molecule has 0 spiro atoms. The first-order valence-corrected chi connectivity index (χ1v) is 7.29. The number of rotatable bonds is 5. The Morgan fingerprint density at radius 3 is 3.00 bits per heavy atom. The highest BCUT2D eigenvalue weighted by Gasteiger charge is 2.26. The lowest BCUT2D eigenvalue weighted by Crippen LogP contribution is -2.47. The van der Waals surface area contributed by atoms with Gasteiger partial charge in [0.1, 0.15) is 0 Å². The normalized spacial score (nSPS) is 18.5. The summed E-state index contributed by atoms with van der Waals surface area (Å²) in [6.45, 7) is 2.11. The summed E-state index contributed by atoms with van der Waals surface area (Å²) in [6.07, 6.45) is 2.66. The Bertz CT molecular complexity index is 361. The van der Waals surface area contributed by atoms with Crippen molar-refractivity contribution in [2.24, 2.45) is 11.7 Å². The molecule has 1 amide bonds. The first kappa shape index (κ1) is 13.5. The van der Waals surface area contributed by atoms with Gasteiger partial charge in [-0.05, 0) is 36.6 Å². The predicted molar refractivity (Wildman–Crippen MR) is 72.6 cm³/mol. The van der Waals surface area contributed by atoms with Crippen molar-refractivity contribution in [3.8, 4) is 0 Å². The predicted octanol–water partition coefficient (Wildman–Crippen LogP) is 1.16. The summed E-state index contributed by atoms with van der Waals surface area (Å²) in [6, 6.07) is 3.71. The van der Waals surface area contributed by atoms with Crippen LogP contribution in [0.15, 0.2) is 17.5 Å². The lowest BCUT2D eigenvalue weighted by atomic mass is 9.92. The van der Waals surface area contributed by atoms with Crippen LogP contribution in [0.1, 0.15) is 17.7 Å². The summed E-state index contributed by atoms with van der Waals surface area (Å²) in [4.78, 5) is 13.2. The molecule has 1 atom stereocenters. The van der Waals surface area contributed by atoms with E-state index in [4.69, 9.17) is 10.5 Å². The Hall–Kier alpha value is -0.910. The monoisotopic (exact) mass is 268 g/mol. The van der Waals surface area contributed by atoms with Crippen LogP contribution in [0.2, 0.25) is 0 Å². The lowest BCUT2D eigenvalue weighted by Gasteiger charge is -2.26. The van der Waals surface area contributed by atoms with Gasteiger partial charge in [0.15, 0.2) is 0 Å². The fourth-order valence-electron chi connectivity index (χ4n) is 2.17. The highest BCUT2D eigenvalue weighted by molar-refractivity contribution is 7.09. The van der Waals surface area contributed by atoms with Gasteiger partial charge < -0.3 is 15.8 Å². The van der Waals surface area contributed by atoms with Crippen LogP contribution in [0.3, 0.4) is 0 Å². The molecular weight excluding hydrogens is 248 g/mol. The summed E-state index contributed by atoms with van der Waals surface area (Å²) in [7, 11) is 0. The highest BCUT2D eigenvalue weighted by Crippen LogP contribution is 2.17. The summed E-state index contributed by atoms with van der Waals surface area (Å²) >= 11 is 1.71. The molecular formula is C13H20N2O2S. The molecule has 1 aliphatic rings. The Labute approximate surface area is 112 Å². The van der Waals surface area contributed by atoms with Crippen molar-refractivity contribution in [1.82, 2.24) is 5.32 Å². The van der Waals surface area contributed by atoms with E-state index in [1.54, 1.807) is 11.3 Å². The van der Waals surface area contributed by atoms with Gasteiger partial charge in [-0.2, -0.15) is 0 Å². The Morgan fingerprint density at radius 2 is 2.33 bits per heavy atom. The second kappa shape index (κ2) is 6.87. The molecule has 0 saturated carbocycles. The van der Waals surface area contributed by atoms with E-state index < -0.39 is 6.04 Å². The van der Waals surface area contributed by atoms with Gasteiger partial charge in [-0.25, -0.2) is 0 Å². The second-order valence-electron chi connectivity index (χ2n) is 4.60. The summed E-state index contributed by atoms with van der Waals surface area (Å²) in [5.41, 5.74) is 5.99. The minimum Gasteiger partial charge on any atom is -0.381 e. The van der Waals surface area contributed by atoms with Crippen LogP contribution in [-0.2, 0) is 16.0 Å². The second-order valence-corrected chi connectivity index (χ2v) is 5.63. The number of ether oxygens (including phenoxy) is 1. The number of thiophene rings is 1. The molecule has 1 aromatic heterocycles. The van der Waals surface area contributed by atoms with Gasteiger partial charge in [0.2, 0.25) is 5.91 Å². The molecule has 0 aromatic carbocycles. The third-order valence-corrected chi connectivity index (χ3v) is 4.26. The Kier molecular flexibility index (Phi) is 5.16. The van der Waals surface area contributed by atoms with Crippen LogP contribution in [0.4, 0.5) is 0 Å². The number of nitrogens with one attached hydrogen (secondary N) is 1. The Balaban J connectivity index is 1.70. The third-order valence-electron chi connectivity index (χ3n) is 3.33. The van der Waals surface area contributed by atoms with Crippen LogP contribution in [-0.4, -0.2) is 31.7 Å². The highest BCUT2D eigenvalue weighted by atomic mass is 32.1. The molecule has 0 aliphatic carbocycles. The van der Waals surface area contributed by atoms with E-state index in [0.717, 1.165) is 32.5 Å². The van der Waals surface area contributed by atoms with Gasteiger partial charge in [0.05, 0.1) is 6.04 Å². The molecule has 1 unspecified atom stereocenters. The quantitative estimate of drug-likeness (QED) is 0.842. The minimum atomic E-state index is -0.391. The van der Waals surface area contributed by atoms with E-state index in [1.807, 2.05) is 11.4 Å². The number of amides is 1. The SMILES string of the molecule is NC(C(=O)NCCc1cccs1)C1CCOCC1. The molecule has 1 fully saturated rings. The number of nitrogens with two attached hydrogens (primary N) is 1. The number of carbonyl (C=O) groups is 1. The van der Waals surface area contributed by atoms with Gasteiger partial charge >= 0.3 is 0 Å². The Morgan fingerprint density at radius 1 is 1.56 bits per heavy atom. The molecule has 4 nitrogen and oxygen atoms in total. The van der Waals surface area contributed by atoms with Crippen LogP contribution in [0.5, 0.6) is 0 Å². The summed E-state index contributed by atoms with van der Waals surface area (Å²) in [5, 5.41) is 4.97. The van der Waals surface area contributed by atoms with E-state index in [-0.39, 0.29) is 11.8 Å². The van der Waals surface area contributed by atoms with Crippen molar-refractivity contribution >= 4 is 17.2 Å². The van der Waals surface area contributed by atoms with Crippen molar-refractivity contribution in [3.63, 3.8) is 0 Å². The molecule has 3 N–H and O–H groups in total. The fraction of sp³-hybridized carbons (Fsp3) is 0.615. The van der Waals surface area contributed by atoms with Crippen LogP contribution in [0.25, 0.3) is 0 Å². The standard InChI is InChI=1S/C13H20N2O2S/c14-12(10-4-7-17-8-5-10)13(16)15-6-3-11-2-1-9-18-11/h1-2,9-10,12H,3-8,14H2,(H,15,16). The average Bonchev–Trinajstić information content (AvgIpc) is 2.92. The minimum absolute atomic E-state index is 0.0292. The molecule has 2 heterocycles. The molecule has 2 rings (SSSR count). The zero-order valence-corrected chi connectivity index (χ0v) is 11.2. The van der Waals surface area contributed by atoms with E-state index >= 15 is 0 Å². The molecule has 5 heteroatoms. The zero-order chi connectivity index (χ0) is 12.8. The molecule has 1 saturated heterocycles. The van der Waals surface area contributed by atoms with Crippen LogP contribution in [0, 0.1) is 5.92 Å². The molecule has 1 aliphatic heterocycles. The van der Waals surface area contributed by atoms with Crippen molar-refractivity contribution in [3.05, 3.63) is 22.4 Å². The van der Waals surface area contributed by atoms with Crippen molar-refractivity contribution in [2.75, 3.05) is 19.8 Å². The lowest BCUT2D eigenvalue weighted by molar-refractivity contribution is -0.124. The van der Waals surface area contributed by atoms with Gasteiger partial charge in [-0.15, -0.1) is 11.3 Å². The van der Waals surface area contributed by atoms with Gasteiger partial charge in [0, 0.05) is 24.6 Å². The smallest absolute Gasteiger partial charge is 0.237 e. The third kappa shape index (κ3) is 3.80. The number of hydrogen-bond acceptors (Lipinski definition) is 4. The van der Waals surface area contributed by atoms with Crippen molar-refractivity contribution < 1.29 is 9.53 Å². The zero-order valence-electron chi connectivity index (χ0n) is 10.4. The van der Waals surface area contributed by atoms with Gasteiger partial charge in [0.25, 0.3) is 0 Å². The van der Waals surface area contributed by atoms with E-state index in [2.05, 4.69) is 11.4 Å².